The van der Waals surface area contributed by atoms with E-state index in [1.807, 2.05) is 62.4 Å². The second kappa shape index (κ2) is 9.66. The number of hydrogen-bond acceptors (Lipinski definition) is 4. The summed E-state index contributed by atoms with van der Waals surface area (Å²) in [6.45, 7) is 4.42. The lowest BCUT2D eigenvalue weighted by Crippen LogP contribution is -2.15. The summed E-state index contributed by atoms with van der Waals surface area (Å²) in [6.07, 6.45) is 3.33. The van der Waals surface area contributed by atoms with Crippen LogP contribution in [0.2, 0.25) is 5.02 Å². The fourth-order valence-corrected chi connectivity index (χ4v) is 3.51. The number of pyridine rings is 1. The zero-order valence-corrected chi connectivity index (χ0v) is 18.6. The van der Waals surface area contributed by atoms with Crippen molar-refractivity contribution in [2.45, 2.75) is 26.4 Å². The monoisotopic (exact) mass is 446 g/mol. The van der Waals surface area contributed by atoms with E-state index in [1.54, 1.807) is 35.3 Å². The standard InChI is InChI=1S/C25H23ClN4O2/c1-17(2)24-23(15-28-30(24)21-11-9-18(26)10-12-21)25(31)29-19-7-5-8-22(14-19)32-16-20-6-3-4-13-27-20/h3-15,17H,16H2,1-2H3,(H,29,31). The predicted octanol–water partition coefficient (Wildman–Crippen LogP) is 5.88. The van der Waals surface area contributed by atoms with Gasteiger partial charge in [0.05, 0.1) is 28.8 Å². The van der Waals surface area contributed by atoms with Crippen molar-refractivity contribution in [2.75, 3.05) is 5.32 Å². The highest BCUT2D eigenvalue weighted by Crippen LogP contribution is 2.25. The Morgan fingerprint density at radius 2 is 1.91 bits per heavy atom. The highest BCUT2D eigenvalue weighted by molar-refractivity contribution is 6.30. The summed E-state index contributed by atoms with van der Waals surface area (Å²) < 4.78 is 7.59. The summed E-state index contributed by atoms with van der Waals surface area (Å²) >= 11 is 6.01. The number of amides is 1. The molecule has 0 saturated heterocycles. The molecule has 1 N–H and O–H groups in total. The maximum atomic E-state index is 13.1. The SMILES string of the molecule is CC(C)c1c(C(=O)Nc2cccc(OCc3ccccn3)c2)cnn1-c1ccc(Cl)cc1. The molecular weight excluding hydrogens is 424 g/mol. The molecule has 32 heavy (non-hydrogen) atoms. The average Bonchev–Trinajstić information content (AvgIpc) is 3.25. The number of ether oxygens (including phenoxy) is 1. The minimum Gasteiger partial charge on any atom is -0.487 e. The van der Waals surface area contributed by atoms with Crippen LogP contribution in [0.15, 0.2) is 79.1 Å². The number of carbonyl (C=O) groups is 1. The maximum Gasteiger partial charge on any atom is 0.259 e. The minimum atomic E-state index is -0.226. The fraction of sp³-hybridized carbons (Fsp3) is 0.160. The normalized spacial score (nSPS) is 10.9. The Kier molecular flexibility index (Phi) is 6.52. The molecular formula is C25H23ClN4O2. The van der Waals surface area contributed by atoms with Crippen molar-refractivity contribution >= 4 is 23.2 Å². The van der Waals surface area contributed by atoms with Crippen LogP contribution < -0.4 is 10.1 Å². The molecule has 0 bridgehead atoms. The van der Waals surface area contributed by atoms with Gasteiger partial charge in [0.2, 0.25) is 0 Å². The zero-order chi connectivity index (χ0) is 22.5. The molecule has 2 aromatic carbocycles. The Morgan fingerprint density at radius 3 is 2.62 bits per heavy atom. The van der Waals surface area contributed by atoms with E-state index >= 15 is 0 Å². The molecule has 0 aliphatic heterocycles. The molecule has 0 fully saturated rings. The molecule has 162 valence electrons. The van der Waals surface area contributed by atoms with Crippen molar-refractivity contribution in [1.29, 1.82) is 0 Å². The van der Waals surface area contributed by atoms with E-state index in [0.29, 0.717) is 28.6 Å². The van der Waals surface area contributed by atoms with Gasteiger partial charge in [-0.1, -0.05) is 37.6 Å². The number of nitrogens with one attached hydrogen (secondary N) is 1. The van der Waals surface area contributed by atoms with Crippen molar-refractivity contribution in [1.82, 2.24) is 14.8 Å². The summed E-state index contributed by atoms with van der Waals surface area (Å²) in [6, 6.07) is 20.3. The van der Waals surface area contributed by atoms with Crippen LogP contribution in [0, 0.1) is 0 Å². The third kappa shape index (κ3) is 4.98. The number of carbonyl (C=O) groups excluding carboxylic acids is 1. The summed E-state index contributed by atoms with van der Waals surface area (Å²) in [7, 11) is 0. The van der Waals surface area contributed by atoms with Gasteiger partial charge in [0.25, 0.3) is 5.91 Å². The Bertz CT molecular complexity index is 1200. The number of halogens is 1. The largest absolute Gasteiger partial charge is 0.487 e. The van der Waals surface area contributed by atoms with Gasteiger partial charge in [-0.3, -0.25) is 9.78 Å². The lowest BCUT2D eigenvalue weighted by atomic mass is 10.0. The minimum absolute atomic E-state index is 0.0852. The van der Waals surface area contributed by atoms with E-state index in [2.05, 4.69) is 15.4 Å². The van der Waals surface area contributed by atoms with Gasteiger partial charge >= 0.3 is 0 Å². The molecule has 1 amide bonds. The first kappa shape index (κ1) is 21.6. The van der Waals surface area contributed by atoms with Gasteiger partial charge in [0, 0.05) is 23.0 Å². The summed E-state index contributed by atoms with van der Waals surface area (Å²) in [5.41, 5.74) is 3.67. The molecule has 0 aliphatic rings. The Balaban J connectivity index is 1.52. The van der Waals surface area contributed by atoms with Crippen molar-refractivity contribution < 1.29 is 9.53 Å². The first-order valence-corrected chi connectivity index (χ1v) is 10.7. The molecule has 0 radical (unpaired) electrons. The molecule has 2 heterocycles. The smallest absolute Gasteiger partial charge is 0.259 e. The summed E-state index contributed by atoms with van der Waals surface area (Å²) in [4.78, 5) is 17.3. The summed E-state index contributed by atoms with van der Waals surface area (Å²) in [5, 5.41) is 8.07. The molecule has 4 rings (SSSR count). The van der Waals surface area contributed by atoms with Gasteiger partial charge in [0.15, 0.2) is 0 Å². The number of nitrogens with zero attached hydrogens (tertiary/aromatic N) is 3. The molecule has 7 heteroatoms. The second-order valence-corrected chi connectivity index (χ2v) is 8.01. The fourth-order valence-electron chi connectivity index (χ4n) is 3.38. The lowest BCUT2D eigenvalue weighted by molar-refractivity contribution is 0.102. The number of benzene rings is 2. The van der Waals surface area contributed by atoms with Crippen LogP contribution in [0.4, 0.5) is 5.69 Å². The highest BCUT2D eigenvalue weighted by Gasteiger charge is 2.21. The summed E-state index contributed by atoms with van der Waals surface area (Å²) in [5.74, 6) is 0.507. The Hall–Kier alpha value is -3.64. The van der Waals surface area contributed by atoms with E-state index in [1.165, 1.54) is 0 Å². The number of rotatable bonds is 7. The topological polar surface area (TPSA) is 69.0 Å². The number of aromatic nitrogens is 3. The van der Waals surface area contributed by atoms with Crippen LogP contribution in [-0.2, 0) is 6.61 Å². The average molecular weight is 447 g/mol. The van der Waals surface area contributed by atoms with Crippen molar-refractivity contribution in [2.24, 2.45) is 0 Å². The van der Waals surface area contributed by atoms with E-state index < -0.39 is 0 Å². The first-order valence-electron chi connectivity index (χ1n) is 10.3. The quantitative estimate of drug-likeness (QED) is 0.385. The molecule has 6 nitrogen and oxygen atoms in total. The molecule has 0 saturated carbocycles. The second-order valence-electron chi connectivity index (χ2n) is 7.58. The lowest BCUT2D eigenvalue weighted by Gasteiger charge is -2.13. The maximum absolute atomic E-state index is 13.1. The molecule has 4 aromatic rings. The molecule has 2 aromatic heterocycles. The highest BCUT2D eigenvalue weighted by atomic mass is 35.5. The molecule has 0 atom stereocenters. The molecule has 0 aliphatic carbocycles. The first-order chi connectivity index (χ1) is 15.5. The van der Waals surface area contributed by atoms with Crippen molar-refractivity contribution in [3.8, 4) is 11.4 Å². The van der Waals surface area contributed by atoms with Gasteiger partial charge in [-0.2, -0.15) is 5.10 Å². The number of hydrogen-bond donors (Lipinski definition) is 1. The van der Waals surface area contributed by atoms with E-state index in [9.17, 15) is 4.79 Å². The van der Waals surface area contributed by atoms with Crippen LogP contribution in [0.25, 0.3) is 5.69 Å². The Morgan fingerprint density at radius 1 is 1.09 bits per heavy atom. The van der Waals surface area contributed by atoms with E-state index in [4.69, 9.17) is 16.3 Å². The van der Waals surface area contributed by atoms with Crippen LogP contribution in [0.1, 0.15) is 41.5 Å². The van der Waals surface area contributed by atoms with Crippen LogP contribution in [-0.4, -0.2) is 20.7 Å². The van der Waals surface area contributed by atoms with Crippen molar-refractivity contribution in [3.05, 3.63) is 101 Å². The van der Waals surface area contributed by atoms with Crippen molar-refractivity contribution in [3.63, 3.8) is 0 Å². The Labute approximate surface area is 191 Å². The zero-order valence-electron chi connectivity index (χ0n) is 17.8. The van der Waals surface area contributed by atoms with Gasteiger partial charge in [-0.05, 0) is 54.4 Å². The third-order valence-electron chi connectivity index (χ3n) is 4.87. The van der Waals surface area contributed by atoms with Gasteiger partial charge in [-0.25, -0.2) is 4.68 Å². The van der Waals surface area contributed by atoms with Gasteiger partial charge < -0.3 is 10.1 Å². The van der Waals surface area contributed by atoms with Crippen LogP contribution >= 0.6 is 11.6 Å². The van der Waals surface area contributed by atoms with Gasteiger partial charge in [0.1, 0.15) is 12.4 Å². The van der Waals surface area contributed by atoms with E-state index in [0.717, 1.165) is 17.1 Å². The number of anilines is 1. The van der Waals surface area contributed by atoms with Gasteiger partial charge in [-0.15, -0.1) is 0 Å². The van der Waals surface area contributed by atoms with Crippen LogP contribution in [0.3, 0.4) is 0 Å². The molecule has 0 spiro atoms. The van der Waals surface area contributed by atoms with Crippen LogP contribution in [0.5, 0.6) is 5.75 Å². The van der Waals surface area contributed by atoms with E-state index in [-0.39, 0.29) is 11.8 Å². The molecule has 0 unspecified atom stereocenters. The third-order valence-corrected chi connectivity index (χ3v) is 5.13. The predicted molar refractivity (Wildman–Crippen MR) is 126 cm³/mol.